The number of hydrogen-bond acceptors (Lipinski definition) is 8. The molecule has 13 nitrogen and oxygen atoms in total. The third-order valence-corrected chi connectivity index (χ3v) is 15.4. The number of nitrogens with zero attached hydrogens (tertiary/aromatic N) is 5. The smallest absolute Gasteiger partial charge is 0.329 e. The third kappa shape index (κ3) is 7.06. The molecule has 0 unspecified atom stereocenters. The molecule has 5 aliphatic heterocycles. The number of imide groups is 1. The second-order valence-corrected chi connectivity index (χ2v) is 19.0. The number of carbonyl (C=O) groups is 4. The van der Waals surface area contributed by atoms with Crippen molar-refractivity contribution in [2.45, 2.75) is 99.1 Å². The minimum absolute atomic E-state index is 0.0458. The van der Waals surface area contributed by atoms with E-state index in [1.54, 1.807) is 24.4 Å². The Balaban J connectivity index is 0.767. The number of halogens is 3. The Bertz CT molecular complexity index is 2430. The van der Waals surface area contributed by atoms with Gasteiger partial charge in [-0.05, 0) is 91.5 Å². The second-order valence-electron chi connectivity index (χ2n) is 18.1. The van der Waals surface area contributed by atoms with E-state index < -0.39 is 28.7 Å². The number of benzene rings is 2. The van der Waals surface area contributed by atoms with Crippen LogP contribution in [0.5, 0.6) is 0 Å². The van der Waals surface area contributed by atoms with Crippen molar-refractivity contribution in [1.82, 2.24) is 35.1 Å². The lowest BCUT2D eigenvalue weighted by atomic mass is 9.55. The first-order valence-corrected chi connectivity index (χ1v) is 23.0. The van der Waals surface area contributed by atoms with E-state index in [2.05, 4.69) is 43.3 Å². The fourth-order valence-electron chi connectivity index (χ4n) is 11.9. The summed E-state index contributed by atoms with van der Waals surface area (Å²) in [5, 5.41) is 14.0. The van der Waals surface area contributed by atoms with Crippen molar-refractivity contribution in [3.05, 3.63) is 93.5 Å². The molecule has 5 amide bonds. The maximum atomic E-state index is 16.3. The van der Waals surface area contributed by atoms with Crippen molar-refractivity contribution in [2.24, 2.45) is 0 Å². The van der Waals surface area contributed by atoms with Crippen molar-refractivity contribution in [1.29, 1.82) is 0 Å². The Morgan fingerprint density at radius 3 is 2.48 bits per heavy atom. The summed E-state index contributed by atoms with van der Waals surface area (Å²) in [4.78, 5) is 62.7. The lowest BCUT2D eigenvalue weighted by Crippen LogP contribution is -2.60. The zero-order valence-electron chi connectivity index (χ0n) is 34.6. The number of nitrogens with one attached hydrogen (secondary N) is 4. The van der Waals surface area contributed by atoms with Crippen LogP contribution in [0.2, 0.25) is 10.0 Å². The molecule has 6 aliphatic rings. The summed E-state index contributed by atoms with van der Waals surface area (Å²) in [5.74, 6) is -0.320. The first kappa shape index (κ1) is 41.4. The number of amides is 5. The van der Waals surface area contributed by atoms with Gasteiger partial charge in [0.25, 0.3) is 0 Å². The Kier molecular flexibility index (Phi) is 11.0. The van der Waals surface area contributed by atoms with Gasteiger partial charge in [-0.15, -0.1) is 0 Å². The quantitative estimate of drug-likeness (QED) is 0.161. The lowest BCUT2D eigenvalue weighted by Gasteiger charge is -2.47. The number of carbonyl (C=O) groups excluding carboxylic acids is 4. The second kappa shape index (κ2) is 16.5. The molecule has 4 N–H and O–H groups in total. The molecule has 2 aromatic carbocycles. The number of hydrogen-bond donors (Lipinski definition) is 4. The van der Waals surface area contributed by atoms with E-state index >= 15 is 4.39 Å². The molecule has 326 valence electrons. The highest BCUT2D eigenvalue weighted by atomic mass is 35.5. The number of likely N-dealkylation sites (tertiary alicyclic amines) is 2. The molecule has 5 fully saturated rings. The Morgan fingerprint density at radius 1 is 0.919 bits per heavy atom. The van der Waals surface area contributed by atoms with Crippen molar-refractivity contribution in [3.8, 4) is 0 Å². The van der Waals surface area contributed by atoms with E-state index in [1.807, 2.05) is 33.7 Å². The lowest BCUT2D eigenvalue weighted by molar-refractivity contribution is -0.133. The summed E-state index contributed by atoms with van der Waals surface area (Å²) in [7, 11) is 0. The fourth-order valence-corrected chi connectivity index (χ4v) is 12.2. The summed E-state index contributed by atoms with van der Waals surface area (Å²) in [6, 6.07) is 14.4. The molecule has 3 atom stereocenters. The zero-order chi connectivity index (χ0) is 42.8. The van der Waals surface area contributed by atoms with Gasteiger partial charge >= 0.3 is 6.03 Å². The maximum absolute atomic E-state index is 16.3. The van der Waals surface area contributed by atoms with E-state index in [0.29, 0.717) is 60.7 Å². The van der Waals surface area contributed by atoms with E-state index in [1.165, 1.54) is 4.90 Å². The van der Waals surface area contributed by atoms with E-state index in [0.717, 1.165) is 87.7 Å². The van der Waals surface area contributed by atoms with Gasteiger partial charge in [0.05, 0.1) is 17.8 Å². The number of anilines is 2. The average Bonchev–Trinajstić information content (AvgIpc) is 3.91. The number of piperidine rings is 2. The highest BCUT2D eigenvalue weighted by Crippen LogP contribution is 2.62. The van der Waals surface area contributed by atoms with Gasteiger partial charge < -0.3 is 20.9 Å². The van der Waals surface area contributed by atoms with Crippen LogP contribution in [0.3, 0.4) is 0 Å². The molecule has 1 saturated carbocycles. The Morgan fingerprint density at radius 2 is 1.71 bits per heavy atom. The van der Waals surface area contributed by atoms with Crippen LogP contribution in [0.1, 0.15) is 92.7 Å². The summed E-state index contributed by atoms with van der Waals surface area (Å²) < 4.78 is 18.2. The monoisotopic (exact) mass is 883 g/mol. The largest absolute Gasteiger partial charge is 0.342 e. The number of pyridine rings is 1. The van der Waals surface area contributed by atoms with Crippen LogP contribution in [0, 0.1) is 5.82 Å². The van der Waals surface area contributed by atoms with Crippen LogP contribution in [-0.4, -0.2) is 106 Å². The highest BCUT2D eigenvalue weighted by molar-refractivity contribution is 6.31. The number of imidazole rings is 1. The van der Waals surface area contributed by atoms with E-state index in [-0.39, 0.29) is 41.2 Å². The highest BCUT2D eigenvalue weighted by Gasteiger charge is 2.71. The Labute approximate surface area is 370 Å². The normalized spacial score (nSPS) is 25.8. The van der Waals surface area contributed by atoms with Gasteiger partial charge in [0.1, 0.15) is 22.7 Å². The van der Waals surface area contributed by atoms with Gasteiger partial charge in [0, 0.05) is 86.1 Å². The van der Waals surface area contributed by atoms with Crippen LogP contribution in [0.4, 0.5) is 20.7 Å². The molecule has 2 spiro atoms. The maximum Gasteiger partial charge on any atom is 0.329 e. The number of rotatable bonds is 8. The van der Waals surface area contributed by atoms with Gasteiger partial charge in [0.15, 0.2) is 0 Å². The fraction of sp³-hybridized carbons (Fsp3) is 0.500. The number of fused-ring (bicyclic) bond motifs is 4. The third-order valence-electron chi connectivity index (χ3n) is 14.9. The molecule has 10 rings (SSSR count). The molecule has 7 heterocycles. The number of aromatic nitrogens is 2. The van der Waals surface area contributed by atoms with Gasteiger partial charge in [-0.25, -0.2) is 14.2 Å². The van der Waals surface area contributed by atoms with E-state index in [9.17, 15) is 19.2 Å². The van der Waals surface area contributed by atoms with Gasteiger partial charge in [-0.1, -0.05) is 60.7 Å². The minimum atomic E-state index is -1.06. The predicted octanol–water partition coefficient (Wildman–Crippen LogP) is 6.34. The van der Waals surface area contributed by atoms with Crippen LogP contribution in [0.25, 0.3) is 5.65 Å². The first-order valence-electron chi connectivity index (χ1n) is 22.2. The molecular formula is C46H52Cl2FN9O4. The molecule has 4 aromatic rings. The zero-order valence-corrected chi connectivity index (χ0v) is 36.1. The van der Waals surface area contributed by atoms with Crippen LogP contribution < -0.4 is 26.2 Å². The topological polar surface area (TPSA) is 143 Å². The van der Waals surface area contributed by atoms with Gasteiger partial charge in [-0.3, -0.25) is 33.9 Å². The SMILES string of the molecule is O=C1CCN(c2cnc3cc(C4CCN(C(=O)CN5CCC(NC[C@@H]6NC7(CCCCC7)[C@@]7(C(=O)Nc8cc(Cl)ccc87)[C@H]6c6cccc(Cl)c6F)CC5)CC4)ccn23)C(=O)N1. The molecule has 1 aliphatic carbocycles. The number of urea groups is 1. The van der Waals surface area contributed by atoms with Gasteiger partial charge in [-0.2, -0.15) is 0 Å². The molecule has 0 bridgehead atoms. The van der Waals surface area contributed by atoms with Crippen molar-refractivity contribution >= 4 is 64.1 Å². The molecule has 62 heavy (non-hydrogen) atoms. The molecule has 2 aromatic heterocycles. The van der Waals surface area contributed by atoms with Crippen LogP contribution in [0.15, 0.2) is 60.9 Å². The Hall–Kier alpha value is -4.60. The van der Waals surface area contributed by atoms with Crippen molar-refractivity contribution in [2.75, 3.05) is 56.0 Å². The van der Waals surface area contributed by atoms with E-state index in [4.69, 9.17) is 23.2 Å². The summed E-state index contributed by atoms with van der Waals surface area (Å²) >= 11 is 12.9. The standard InChI is InChI=1S/C46H52Cl2FN9O4/c47-30-7-8-33-35(24-30)52-43(61)46(33)41(32-5-4-6-34(48)42(32)49)36(54-45(46)15-2-1-3-16-45)25-50-31-12-17-55(18-13-31)27-40(60)56-19-9-28(10-20-56)29-11-21-57-37(23-29)51-26-39(57)58-22-14-38(59)53-44(58)62/h4-8,11,21,23-24,26,28,31,36,41,50,54H,1-3,9-10,12-20,22,25,27H2,(H,52,61)(H,53,59,62)/t36-,41-,46+/m0/s1. The van der Waals surface area contributed by atoms with Crippen LogP contribution >= 0.6 is 23.2 Å². The predicted molar refractivity (Wildman–Crippen MR) is 235 cm³/mol. The molecule has 0 radical (unpaired) electrons. The molecular weight excluding hydrogens is 832 g/mol. The first-order chi connectivity index (χ1) is 30.0. The van der Waals surface area contributed by atoms with Gasteiger partial charge in [0.2, 0.25) is 17.7 Å². The minimum Gasteiger partial charge on any atom is -0.342 e. The summed E-state index contributed by atoms with van der Waals surface area (Å²) in [5.41, 5.74) is 2.28. The molecule has 4 saturated heterocycles. The van der Waals surface area contributed by atoms with Crippen molar-refractivity contribution in [3.63, 3.8) is 0 Å². The summed E-state index contributed by atoms with van der Waals surface area (Å²) in [6.07, 6.45) is 11.9. The molecule has 16 heteroatoms. The summed E-state index contributed by atoms with van der Waals surface area (Å²) in [6.45, 7) is 4.20. The average molecular weight is 885 g/mol. The van der Waals surface area contributed by atoms with Crippen LogP contribution in [-0.2, 0) is 19.8 Å². The van der Waals surface area contributed by atoms with Crippen molar-refractivity contribution < 1.29 is 23.6 Å².